The van der Waals surface area contributed by atoms with E-state index in [1.54, 1.807) is 11.3 Å². The van der Waals surface area contributed by atoms with Gasteiger partial charge in [-0.15, -0.1) is 11.3 Å². The van der Waals surface area contributed by atoms with Crippen LogP contribution < -0.4 is 5.73 Å². The van der Waals surface area contributed by atoms with E-state index in [1.807, 2.05) is 0 Å². The number of thiazole rings is 1. The van der Waals surface area contributed by atoms with Crippen molar-refractivity contribution >= 4 is 11.3 Å². The molecule has 2 rings (SSSR count). The van der Waals surface area contributed by atoms with Crippen molar-refractivity contribution in [2.24, 2.45) is 5.73 Å². The zero-order chi connectivity index (χ0) is 11.8. The summed E-state index contributed by atoms with van der Waals surface area (Å²) >= 11 is 1.72. The van der Waals surface area contributed by atoms with Gasteiger partial charge in [0, 0.05) is 29.4 Å². The lowest BCUT2D eigenvalue weighted by Crippen LogP contribution is -2.42. The number of hydrogen-bond acceptors (Lipinski definition) is 4. The Hall–Kier alpha value is -0.450. The highest BCUT2D eigenvalue weighted by molar-refractivity contribution is 7.09. The van der Waals surface area contributed by atoms with Crippen LogP contribution >= 0.6 is 11.3 Å². The van der Waals surface area contributed by atoms with Crippen LogP contribution in [-0.2, 0) is 16.6 Å². The lowest BCUT2D eigenvalue weighted by Gasteiger charge is -2.20. The molecule has 1 unspecified atom stereocenters. The maximum atomic E-state index is 6.25. The molecular weight excluding hydrogens is 220 g/mol. The first kappa shape index (κ1) is 12.0. The SMILES string of the molecule is CC(C)(C)c1csc(CC2(N)CCOC2)n1. The van der Waals surface area contributed by atoms with E-state index in [9.17, 15) is 0 Å². The second-order valence-corrected chi connectivity index (χ2v) is 6.66. The second kappa shape index (κ2) is 4.09. The van der Waals surface area contributed by atoms with Crippen molar-refractivity contribution in [3.8, 4) is 0 Å². The summed E-state index contributed by atoms with van der Waals surface area (Å²) in [7, 11) is 0. The zero-order valence-corrected chi connectivity index (χ0v) is 11.1. The summed E-state index contributed by atoms with van der Waals surface area (Å²) in [6.07, 6.45) is 1.78. The highest BCUT2D eigenvalue weighted by Crippen LogP contribution is 2.27. The summed E-state index contributed by atoms with van der Waals surface area (Å²) in [5, 5.41) is 3.28. The smallest absolute Gasteiger partial charge is 0.0947 e. The van der Waals surface area contributed by atoms with Gasteiger partial charge in [0.05, 0.1) is 17.3 Å². The van der Waals surface area contributed by atoms with Gasteiger partial charge in [-0.2, -0.15) is 0 Å². The molecule has 0 radical (unpaired) electrons. The van der Waals surface area contributed by atoms with Crippen LogP contribution in [0.2, 0.25) is 0 Å². The molecule has 0 bridgehead atoms. The molecule has 1 aliphatic rings. The Morgan fingerprint density at radius 1 is 1.56 bits per heavy atom. The van der Waals surface area contributed by atoms with E-state index in [0.717, 1.165) is 30.2 Å². The van der Waals surface area contributed by atoms with Gasteiger partial charge in [-0.3, -0.25) is 0 Å². The lowest BCUT2D eigenvalue weighted by atomic mass is 9.93. The van der Waals surface area contributed by atoms with Crippen LogP contribution in [0.15, 0.2) is 5.38 Å². The van der Waals surface area contributed by atoms with E-state index in [-0.39, 0.29) is 11.0 Å². The first-order chi connectivity index (χ1) is 7.39. The quantitative estimate of drug-likeness (QED) is 0.861. The van der Waals surface area contributed by atoms with E-state index >= 15 is 0 Å². The second-order valence-electron chi connectivity index (χ2n) is 5.72. The molecule has 1 atom stereocenters. The van der Waals surface area contributed by atoms with E-state index in [0.29, 0.717) is 6.61 Å². The normalized spacial score (nSPS) is 26.2. The number of ether oxygens (including phenoxy) is 1. The maximum Gasteiger partial charge on any atom is 0.0947 e. The fourth-order valence-electron chi connectivity index (χ4n) is 1.80. The Bertz CT molecular complexity index is 361. The predicted molar refractivity (Wildman–Crippen MR) is 66.9 cm³/mol. The van der Waals surface area contributed by atoms with Crippen LogP contribution in [0.1, 0.15) is 37.9 Å². The molecule has 16 heavy (non-hydrogen) atoms. The topological polar surface area (TPSA) is 48.1 Å². The molecule has 1 aromatic heterocycles. The van der Waals surface area contributed by atoms with Crippen molar-refractivity contribution in [1.82, 2.24) is 4.98 Å². The minimum atomic E-state index is -0.187. The Kier molecular flexibility index (Phi) is 3.07. The molecule has 1 aliphatic heterocycles. The van der Waals surface area contributed by atoms with Gasteiger partial charge < -0.3 is 10.5 Å². The Labute approximate surface area is 101 Å². The van der Waals surface area contributed by atoms with Crippen LogP contribution in [0.3, 0.4) is 0 Å². The molecule has 3 nitrogen and oxygen atoms in total. The highest BCUT2D eigenvalue weighted by atomic mass is 32.1. The van der Waals surface area contributed by atoms with Crippen molar-refractivity contribution in [2.75, 3.05) is 13.2 Å². The predicted octanol–water partition coefficient (Wildman–Crippen LogP) is 2.10. The third-order valence-electron chi connectivity index (χ3n) is 2.96. The molecule has 0 saturated carbocycles. The first-order valence-electron chi connectivity index (χ1n) is 5.71. The summed E-state index contributed by atoms with van der Waals surface area (Å²) < 4.78 is 5.36. The fourth-order valence-corrected chi connectivity index (χ4v) is 2.98. The average molecular weight is 240 g/mol. The molecule has 2 heterocycles. The van der Waals surface area contributed by atoms with Gasteiger partial charge in [-0.25, -0.2) is 4.98 Å². The van der Waals surface area contributed by atoms with E-state index in [2.05, 4.69) is 31.1 Å². The van der Waals surface area contributed by atoms with E-state index in [4.69, 9.17) is 10.5 Å². The Balaban J connectivity index is 2.08. The van der Waals surface area contributed by atoms with Crippen LogP contribution in [0.5, 0.6) is 0 Å². The third kappa shape index (κ3) is 2.62. The van der Waals surface area contributed by atoms with Crippen LogP contribution in [-0.4, -0.2) is 23.7 Å². The molecular formula is C12H20N2OS. The molecule has 2 N–H and O–H groups in total. The van der Waals surface area contributed by atoms with Gasteiger partial charge in [0.1, 0.15) is 0 Å². The van der Waals surface area contributed by atoms with Crippen molar-refractivity contribution in [2.45, 2.75) is 44.6 Å². The van der Waals surface area contributed by atoms with Gasteiger partial charge >= 0.3 is 0 Å². The van der Waals surface area contributed by atoms with Gasteiger partial charge in [0.25, 0.3) is 0 Å². The molecule has 1 saturated heterocycles. The van der Waals surface area contributed by atoms with Gasteiger partial charge in [0.15, 0.2) is 0 Å². The molecule has 0 spiro atoms. The van der Waals surface area contributed by atoms with Gasteiger partial charge in [-0.05, 0) is 6.42 Å². The van der Waals surface area contributed by atoms with Crippen molar-refractivity contribution in [3.05, 3.63) is 16.1 Å². The molecule has 1 fully saturated rings. The van der Waals surface area contributed by atoms with Crippen molar-refractivity contribution in [1.29, 1.82) is 0 Å². The summed E-state index contributed by atoms with van der Waals surface area (Å²) in [6, 6.07) is 0. The van der Waals surface area contributed by atoms with Crippen LogP contribution in [0.4, 0.5) is 0 Å². The Morgan fingerprint density at radius 2 is 2.31 bits per heavy atom. The van der Waals surface area contributed by atoms with Crippen molar-refractivity contribution in [3.63, 3.8) is 0 Å². The average Bonchev–Trinajstić information content (AvgIpc) is 2.74. The highest BCUT2D eigenvalue weighted by Gasteiger charge is 2.32. The third-order valence-corrected chi connectivity index (χ3v) is 3.81. The molecule has 90 valence electrons. The molecule has 0 amide bonds. The minimum Gasteiger partial charge on any atom is -0.379 e. The van der Waals surface area contributed by atoms with Gasteiger partial charge in [-0.1, -0.05) is 20.8 Å². The fraction of sp³-hybridized carbons (Fsp3) is 0.750. The number of aromatic nitrogens is 1. The van der Waals surface area contributed by atoms with Crippen molar-refractivity contribution < 1.29 is 4.74 Å². The molecule has 4 heteroatoms. The minimum absolute atomic E-state index is 0.128. The first-order valence-corrected chi connectivity index (χ1v) is 6.59. The Morgan fingerprint density at radius 3 is 2.81 bits per heavy atom. The number of nitrogens with two attached hydrogens (primary N) is 1. The maximum absolute atomic E-state index is 6.25. The number of nitrogens with zero attached hydrogens (tertiary/aromatic N) is 1. The van der Waals surface area contributed by atoms with Crippen LogP contribution in [0, 0.1) is 0 Å². The summed E-state index contributed by atoms with van der Waals surface area (Å²) in [5.41, 5.74) is 7.35. The standard InChI is InChI=1S/C12H20N2OS/c1-11(2,3)9-7-16-10(14-9)6-12(13)4-5-15-8-12/h7H,4-6,8,13H2,1-3H3. The molecule has 0 aromatic carbocycles. The van der Waals surface area contributed by atoms with E-state index in [1.165, 1.54) is 0 Å². The largest absolute Gasteiger partial charge is 0.379 e. The summed E-state index contributed by atoms with van der Waals surface area (Å²) in [5.74, 6) is 0. The summed E-state index contributed by atoms with van der Waals surface area (Å²) in [4.78, 5) is 4.67. The molecule has 0 aliphatic carbocycles. The summed E-state index contributed by atoms with van der Waals surface area (Å²) in [6.45, 7) is 8.00. The van der Waals surface area contributed by atoms with E-state index < -0.39 is 0 Å². The molecule has 1 aromatic rings. The van der Waals surface area contributed by atoms with Gasteiger partial charge in [0.2, 0.25) is 0 Å². The monoisotopic (exact) mass is 240 g/mol. The van der Waals surface area contributed by atoms with Crippen LogP contribution in [0.25, 0.3) is 0 Å². The number of hydrogen-bond donors (Lipinski definition) is 1. The number of rotatable bonds is 2. The lowest BCUT2D eigenvalue weighted by molar-refractivity contribution is 0.178. The zero-order valence-electron chi connectivity index (χ0n) is 10.2.